The van der Waals surface area contributed by atoms with Gasteiger partial charge in [-0.05, 0) is 68.3 Å². The highest BCUT2D eigenvalue weighted by Gasteiger charge is 2.42. The van der Waals surface area contributed by atoms with Gasteiger partial charge in [0, 0.05) is 30.4 Å². The third kappa shape index (κ3) is 6.29. The Balaban J connectivity index is 1.63. The molecular weight excluding hydrogens is 519 g/mol. The van der Waals surface area contributed by atoms with E-state index in [9.17, 15) is 35.5 Å². The lowest BCUT2D eigenvalue weighted by Crippen LogP contribution is -2.36. The summed E-state index contributed by atoms with van der Waals surface area (Å²) in [7, 11) is 1.83. The summed E-state index contributed by atoms with van der Waals surface area (Å²) in [5.41, 5.74) is -2.05. The maximum atomic E-state index is 13.7. The molecule has 0 amide bonds. The summed E-state index contributed by atoms with van der Waals surface area (Å²) in [5.74, 6) is -0.808. The van der Waals surface area contributed by atoms with Crippen LogP contribution in [-0.2, 0) is 23.6 Å². The molecule has 1 saturated carbocycles. The first-order valence-electron chi connectivity index (χ1n) is 11.9. The fourth-order valence-electron chi connectivity index (χ4n) is 5.11. The summed E-state index contributed by atoms with van der Waals surface area (Å²) in [5, 5.41) is 0. The van der Waals surface area contributed by atoms with Crippen LogP contribution < -0.4 is 5.69 Å². The van der Waals surface area contributed by atoms with Gasteiger partial charge in [0.25, 0.3) is 0 Å². The van der Waals surface area contributed by atoms with Crippen LogP contribution in [0.15, 0.2) is 53.5 Å². The molecule has 4 rings (SSSR count). The van der Waals surface area contributed by atoms with E-state index in [4.69, 9.17) is 4.74 Å². The standard InChI is InChI=1S/C26H26F7N3O2/c1-14(16-9-17(25(28,29)30)11-18(10-16)26(31,32)33)38-22-8-7-21(23(22)15-3-5-19(27)6-4-15)36(2)13-20-12-34-24(37)35-20/h3-6,9-12,14,21-23H,7-8,13H2,1-2H3,(H2,34,35,37)/t14-,21-,22+,23+/m1/s1. The molecule has 1 fully saturated rings. The number of hydrogen-bond donors (Lipinski definition) is 2. The molecule has 206 valence electrons. The summed E-state index contributed by atoms with van der Waals surface area (Å²) in [4.78, 5) is 18.7. The van der Waals surface area contributed by atoms with E-state index < -0.39 is 41.5 Å². The number of nitrogens with zero attached hydrogens (tertiary/aromatic N) is 1. The Morgan fingerprint density at radius 1 is 1.00 bits per heavy atom. The van der Waals surface area contributed by atoms with E-state index in [0.29, 0.717) is 37.2 Å². The van der Waals surface area contributed by atoms with Crippen LogP contribution in [0.5, 0.6) is 0 Å². The van der Waals surface area contributed by atoms with E-state index in [-0.39, 0.29) is 29.3 Å². The number of alkyl halides is 6. The van der Waals surface area contributed by atoms with Crippen molar-refractivity contribution >= 4 is 0 Å². The van der Waals surface area contributed by atoms with Gasteiger partial charge >= 0.3 is 18.0 Å². The van der Waals surface area contributed by atoms with Crippen molar-refractivity contribution in [3.8, 4) is 0 Å². The first-order valence-corrected chi connectivity index (χ1v) is 11.9. The number of halogens is 7. The Hall–Kier alpha value is -3.12. The topological polar surface area (TPSA) is 61.1 Å². The summed E-state index contributed by atoms with van der Waals surface area (Å²) >= 11 is 0. The maximum absolute atomic E-state index is 13.7. The van der Waals surface area contributed by atoms with Crippen molar-refractivity contribution in [2.75, 3.05) is 7.05 Å². The fourth-order valence-corrected chi connectivity index (χ4v) is 5.11. The van der Waals surface area contributed by atoms with E-state index >= 15 is 0 Å². The largest absolute Gasteiger partial charge is 0.416 e. The Kier molecular flexibility index (Phi) is 7.76. The van der Waals surface area contributed by atoms with E-state index in [1.807, 2.05) is 11.9 Å². The van der Waals surface area contributed by atoms with Crippen molar-refractivity contribution in [1.82, 2.24) is 14.9 Å². The van der Waals surface area contributed by atoms with E-state index in [1.54, 1.807) is 18.3 Å². The number of rotatable bonds is 7. The SMILES string of the molecule is C[C@@H](O[C@H]1CC[C@@H](N(C)Cc2c[nH]c(=O)[nH]2)[C@@H]1c1ccc(F)cc1)c1cc(C(F)(F)F)cc(C(F)(F)F)c1. The molecule has 1 heterocycles. The Morgan fingerprint density at radius 2 is 1.61 bits per heavy atom. The van der Waals surface area contributed by atoms with Gasteiger partial charge in [0.05, 0.1) is 23.3 Å². The Labute approximate surface area is 213 Å². The van der Waals surface area contributed by atoms with Crippen LogP contribution >= 0.6 is 0 Å². The van der Waals surface area contributed by atoms with Crippen LogP contribution in [0, 0.1) is 5.82 Å². The highest BCUT2D eigenvalue weighted by atomic mass is 19.4. The number of aromatic nitrogens is 2. The molecule has 1 aliphatic carbocycles. The van der Waals surface area contributed by atoms with Gasteiger partial charge in [-0.25, -0.2) is 9.18 Å². The normalized spacial score (nSPS) is 21.3. The first-order chi connectivity index (χ1) is 17.7. The third-order valence-electron chi connectivity index (χ3n) is 6.91. The zero-order chi connectivity index (χ0) is 27.8. The molecule has 0 spiro atoms. The van der Waals surface area contributed by atoms with Gasteiger partial charge in [0.1, 0.15) is 5.82 Å². The number of ether oxygens (including phenoxy) is 1. The van der Waals surface area contributed by atoms with Crippen LogP contribution in [0.4, 0.5) is 30.7 Å². The van der Waals surface area contributed by atoms with Crippen LogP contribution in [0.2, 0.25) is 0 Å². The second-order valence-corrected chi connectivity index (χ2v) is 9.56. The summed E-state index contributed by atoms with van der Waals surface area (Å²) < 4.78 is 100. The van der Waals surface area contributed by atoms with Crippen molar-refractivity contribution < 1.29 is 35.5 Å². The molecule has 2 aromatic carbocycles. The second-order valence-electron chi connectivity index (χ2n) is 9.56. The fraction of sp³-hybridized carbons (Fsp3) is 0.423. The maximum Gasteiger partial charge on any atom is 0.416 e. The first kappa shape index (κ1) is 27.9. The van der Waals surface area contributed by atoms with Gasteiger partial charge in [-0.2, -0.15) is 26.3 Å². The molecule has 0 bridgehead atoms. The lowest BCUT2D eigenvalue weighted by Gasteiger charge is -2.33. The number of benzene rings is 2. The zero-order valence-corrected chi connectivity index (χ0v) is 20.5. The molecule has 2 N–H and O–H groups in total. The summed E-state index contributed by atoms with van der Waals surface area (Å²) in [6.45, 7) is 1.78. The highest BCUT2D eigenvalue weighted by Crippen LogP contribution is 2.43. The minimum Gasteiger partial charge on any atom is -0.370 e. The van der Waals surface area contributed by atoms with Crippen LogP contribution in [-0.4, -0.2) is 34.1 Å². The van der Waals surface area contributed by atoms with Crippen LogP contribution in [0.25, 0.3) is 0 Å². The molecule has 5 nitrogen and oxygen atoms in total. The molecule has 3 aromatic rings. The van der Waals surface area contributed by atoms with Crippen molar-refractivity contribution in [1.29, 1.82) is 0 Å². The van der Waals surface area contributed by atoms with Crippen molar-refractivity contribution in [3.63, 3.8) is 0 Å². The molecule has 4 atom stereocenters. The van der Waals surface area contributed by atoms with Gasteiger partial charge in [0.2, 0.25) is 0 Å². The van der Waals surface area contributed by atoms with Gasteiger partial charge in [-0.3, -0.25) is 4.90 Å². The molecule has 0 radical (unpaired) electrons. The van der Waals surface area contributed by atoms with E-state index in [1.165, 1.54) is 19.1 Å². The molecule has 38 heavy (non-hydrogen) atoms. The van der Waals surface area contributed by atoms with E-state index in [2.05, 4.69) is 9.97 Å². The summed E-state index contributed by atoms with van der Waals surface area (Å²) in [6, 6.07) is 7.04. The minimum atomic E-state index is -4.97. The van der Waals surface area contributed by atoms with Crippen LogP contribution in [0.3, 0.4) is 0 Å². The van der Waals surface area contributed by atoms with Crippen LogP contribution in [0.1, 0.15) is 59.7 Å². The Bertz CT molecular complexity index is 1270. The molecule has 1 aliphatic rings. The van der Waals surface area contributed by atoms with Gasteiger partial charge in [-0.15, -0.1) is 0 Å². The number of hydrogen-bond acceptors (Lipinski definition) is 3. The number of aromatic amines is 2. The quantitative estimate of drug-likeness (QED) is 0.338. The number of H-pyrrole nitrogens is 2. The molecule has 0 saturated heterocycles. The smallest absolute Gasteiger partial charge is 0.370 e. The average molecular weight is 545 g/mol. The molecular formula is C26H26F7N3O2. The minimum absolute atomic E-state index is 0.0867. The second kappa shape index (κ2) is 10.6. The highest BCUT2D eigenvalue weighted by molar-refractivity contribution is 5.35. The van der Waals surface area contributed by atoms with E-state index in [0.717, 1.165) is 5.56 Å². The zero-order valence-electron chi connectivity index (χ0n) is 20.5. The summed E-state index contributed by atoms with van der Waals surface area (Å²) in [6.07, 6.45) is -8.98. The van der Waals surface area contributed by atoms with Gasteiger partial charge < -0.3 is 14.7 Å². The van der Waals surface area contributed by atoms with Gasteiger partial charge in [-0.1, -0.05) is 12.1 Å². The monoisotopic (exact) mass is 545 g/mol. The van der Waals surface area contributed by atoms with Crippen molar-refractivity contribution in [2.24, 2.45) is 0 Å². The van der Waals surface area contributed by atoms with Crippen molar-refractivity contribution in [3.05, 3.63) is 92.9 Å². The number of likely N-dealkylation sites (N-methyl/N-ethyl adjacent to an activating group) is 1. The predicted molar refractivity (Wildman–Crippen MR) is 125 cm³/mol. The molecule has 12 heteroatoms. The predicted octanol–water partition coefficient (Wildman–Crippen LogP) is 6.40. The molecule has 1 aromatic heterocycles. The average Bonchev–Trinajstić information content (AvgIpc) is 3.44. The lowest BCUT2D eigenvalue weighted by molar-refractivity contribution is -0.143. The van der Waals surface area contributed by atoms with Gasteiger partial charge in [0.15, 0.2) is 0 Å². The molecule has 0 aliphatic heterocycles. The third-order valence-corrected chi connectivity index (χ3v) is 6.91. The number of imidazole rings is 1. The molecule has 0 unspecified atom stereocenters. The van der Waals surface area contributed by atoms with Crippen molar-refractivity contribution in [2.45, 2.75) is 62.8 Å². The Morgan fingerprint density at radius 3 is 2.13 bits per heavy atom. The lowest BCUT2D eigenvalue weighted by atomic mass is 9.91. The number of nitrogens with one attached hydrogen (secondary N) is 2.